The number of benzene rings is 1. The van der Waals surface area contributed by atoms with Crippen molar-refractivity contribution in [2.75, 3.05) is 6.61 Å². The van der Waals surface area contributed by atoms with Crippen LogP contribution in [-0.2, 0) is 18.9 Å². The fraction of sp³-hybridized carbons (Fsp3) is 0.562. The molecule has 0 aromatic heterocycles. The van der Waals surface area contributed by atoms with Gasteiger partial charge in [0.25, 0.3) is 0 Å². The molecule has 0 bridgehead atoms. The first-order valence-corrected chi connectivity index (χ1v) is 7.29. The lowest BCUT2D eigenvalue weighted by atomic mass is 10.1. The molecular formula is C16H20O6. The first-order chi connectivity index (χ1) is 10.4. The van der Waals surface area contributed by atoms with E-state index in [1.165, 1.54) is 0 Å². The molecule has 1 aromatic carbocycles. The Morgan fingerprint density at radius 2 is 1.95 bits per heavy atom. The first kappa shape index (κ1) is 15.4. The van der Waals surface area contributed by atoms with Crippen molar-refractivity contribution in [1.82, 2.24) is 0 Å². The lowest BCUT2D eigenvalue weighted by Crippen LogP contribution is -2.37. The topological polar surface area (TPSA) is 74.2 Å². The fourth-order valence-electron chi connectivity index (χ4n) is 2.63. The molecular weight excluding hydrogens is 288 g/mol. The maximum absolute atomic E-state index is 11.9. The van der Waals surface area contributed by atoms with Crippen molar-refractivity contribution in [1.29, 1.82) is 0 Å². The van der Waals surface area contributed by atoms with Gasteiger partial charge in [0.1, 0.15) is 24.9 Å². The number of hydrogen-bond acceptors (Lipinski definition) is 6. The summed E-state index contributed by atoms with van der Waals surface area (Å²) in [6.07, 6.45) is -2.73. The van der Waals surface area contributed by atoms with Crippen LogP contribution in [-0.4, -0.2) is 48.1 Å². The molecule has 2 aliphatic heterocycles. The van der Waals surface area contributed by atoms with Crippen LogP contribution in [0.5, 0.6) is 0 Å². The summed E-state index contributed by atoms with van der Waals surface area (Å²) in [5, 5.41) is 10.2. The Balaban J connectivity index is 1.55. The van der Waals surface area contributed by atoms with Crippen LogP contribution < -0.4 is 0 Å². The summed E-state index contributed by atoms with van der Waals surface area (Å²) in [6.45, 7) is 5.41. The molecule has 1 aromatic rings. The third kappa shape index (κ3) is 3.01. The van der Waals surface area contributed by atoms with Gasteiger partial charge in [-0.1, -0.05) is 17.7 Å². The molecule has 0 radical (unpaired) electrons. The van der Waals surface area contributed by atoms with Gasteiger partial charge in [0, 0.05) is 0 Å². The zero-order valence-electron chi connectivity index (χ0n) is 12.8. The van der Waals surface area contributed by atoms with Gasteiger partial charge in [0.15, 0.2) is 12.1 Å². The molecule has 0 amide bonds. The number of ether oxygens (including phenoxy) is 4. The normalized spacial score (nSPS) is 32.7. The largest absolute Gasteiger partial charge is 0.459 e. The van der Waals surface area contributed by atoms with Gasteiger partial charge in [-0.3, -0.25) is 0 Å². The Morgan fingerprint density at radius 1 is 1.27 bits per heavy atom. The number of aryl methyl sites for hydroxylation is 1. The van der Waals surface area contributed by atoms with E-state index in [-0.39, 0.29) is 6.61 Å². The number of fused-ring (bicyclic) bond motifs is 1. The second-order valence-corrected chi connectivity index (χ2v) is 6.10. The highest BCUT2D eigenvalue weighted by molar-refractivity contribution is 5.89. The van der Waals surface area contributed by atoms with Crippen molar-refractivity contribution >= 4 is 5.97 Å². The minimum Gasteiger partial charge on any atom is -0.459 e. The van der Waals surface area contributed by atoms with E-state index in [9.17, 15) is 9.90 Å². The summed E-state index contributed by atoms with van der Waals surface area (Å²) in [5.74, 6) is -1.23. The fourth-order valence-corrected chi connectivity index (χ4v) is 2.63. The molecule has 0 aliphatic carbocycles. The zero-order chi connectivity index (χ0) is 15.9. The van der Waals surface area contributed by atoms with Gasteiger partial charge < -0.3 is 24.1 Å². The van der Waals surface area contributed by atoms with Crippen LogP contribution in [0.2, 0.25) is 0 Å². The van der Waals surface area contributed by atoms with Crippen LogP contribution in [0.15, 0.2) is 24.3 Å². The first-order valence-electron chi connectivity index (χ1n) is 7.29. The van der Waals surface area contributed by atoms with E-state index in [4.69, 9.17) is 18.9 Å². The predicted molar refractivity (Wildman–Crippen MR) is 76.2 cm³/mol. The standard InChI is InChI=1S/C16H20O6/c1-9-4-6-10(7-5-9)14(18)19-8-11-12(17)13-15(20-11)22-16(2,3)21-13/h4-7,11-13,15,17H,8H2,1-3H3/t11-,12-,13+,15-/m0/s1. The van der Waals surface area contributed by atoms with Crippen LogP contribution in [0.1, 0.15) is 29.8 Å². The van der Waals surface area contributed by atoms with Gasteiger partial charge in [0.2, 0.25) is 0 Å². The zero-order valence-corrected chi connectivity index (χ0v) is 12.8. The van der Waals surface area contributed by atoms with Crippen molar-refractivity contribution in [3.63, 3.8) is 0 Å². The monoisotopic (exact) mass is 308 g/mol. The van der Waals surface area contributed by atoms with Gasteiger partial charge in [-0.25, -0.2) is 4.79 Å². The third-order valence-corrected chi connectivity index (χ3v) is 3.78. The summed E-state index contributed by atoms with van der Waals surface area (Å²) >= 11 is 0. The molecule has 22 heavy (non-hydrogen) atoms. The second kappa shape index (κ2) is 5.62. The van der Waals surface area contributed by atoms with Crippen molar-refractivity contribution in [3.8, 4) is 0 Å². The highest BCUT2D eigenvalue weighted by Gasteiger charge is 2.54. The van der Waals surface area contributed by atoms with Gasteiger partial charge >= 0.3 is 5.97 Å². The molecule has 6 heteroatoms. The van der Waals surface area contributed by atoms with Crippen LogP contribution in [0.3, 0.4) is 0 Å². The van der Waals surface area contributed by atoms with Crippen molar-refractivity contribution in [3.05, 3.63) is 35.4 Å². The van der Waals surface area contributed by atoms with E-state index >= 15 is 0 Å². The Labute approximate surface area is 128 Å². The van der Waals surface area contributed by atoms with Gasteiger partial charge in [-0.15, -0.1) is 0 Å². The maximum Gasteiger partial charge on any atom is 0.338 e. The average molecular weight is 308 g/mol. The summed E-state index contributed by atoms with van der Waals surface area (Å²) < 4.78 is 21.9. The van der Waals surface area contributed by atoms with E-state index in [0.717, 1.165) is 5.56 Å². The van der Waals surface area contributed by atoms with Crippen molar-refractivity contribution in [2.45, 2.75) is 51.2 Å². The Hall–Kier alpha value is -1.47. The minimum atomic E-state index is -0.891. The highest BCUT2D eigenvalue weighted by atomic mass is 16.8. The number of aliphatic hydroxyl groups is 1. The van der Waals surface area contributed by atoms with E-state index in [1.807, 2.05) is 19.1 Å². The molecule has 1 N–H and O–H groups in total. The summed E-state index contributed by atoms with van der Waals surface area (Å²) in [4.78, 5) is 11.9. The number of rotatable bonds is 3. The van der Waals surface area contributed by atoms with E-state index in [0.29, 0.717) is 5.56 Å². The van der Waals surface area contributed by atoms with E-state index in [2.05, 4.69) is 0 Å². The Kier molecular flexibility index (Phi) is 3.94. The molecule has 0 saturated carbocycles. The lowest BCUT2D eigenvalue weighted by Gasteiger charge is -2.22. The molecule has 2 aliphatic rings. The Morgan fingerprint density at radius 3 is 2.59 bits per heavy atom. The molecule has 2 heterocycles. The van der Waals surface area contributed by atoms with Crippen molar-refractivity contribution in [2.24, 2.45) is 0 Å². The molecule has 2 saturated heterocycles. The summed E-state index contributed by atoms with van der Waals surface area (Å²) in [7, 11) is 0. The lowest BCUT2D eigenvalue weighted by molar-refractivity contribution is -0.218. The average Bonchev–Trinajstić information content (AvgIpc) is 2.91. The van der Waals surface area contributed by atoms with Gasteiger partial charge in [-0.2, -0.15) is 0 Å². The third-order valence-electron chi connectivity index (χ3n) is 3.78. The predicted octanol–water partition coefficient (Wildman–Crippen LogP) is 1.39. The molecule has 120 valence electrons. The molecule has 2 fully saturated rings. The highest BCUT2D eigenvalue weighted by Crippen LogP contribution is 2.37. The van der Waals surface area contributed by atoms with Gasteiger partial charge in [-0.05, 0) is 32.9 Å². The number of hydrogen-bond donors (Lipinski definition) is 1. The summed E-state index contributed by atoms with van der Waals surface area (Å²) in [6, 6.07) is 7.08. The quantitative estimate of drug-likeness (QED) is 0.851. The van der Waals surface area contributed by atoms with E-state index in [1.54, 1.807) is 26.0 Å². The number of carbonyl (C=O) groups is 1. The molecule has 6 nitrogen and oxygen atoms in total. The van der Waals surface area contributed by atoms with Crippen molar-refractivity contribution < 1.29 is 28.8 Å². The molecule has 0 unspecified atom stereocenters. The summed E-state index contributed by atoms with van der Waals surface area (Å²) in [5.41, 5.74) is 1.53. The number of esters is 1. The minimum absolute atomic E-state index is 0.0476. The second-order valence-electron chi connectivity index (χ2n) is 6.10. The maximum atomic E-state index is 11.9. The number of carbonyl (C=O) groups excluding carboxylic acids is 1. The smallest absolute Gasteiger partial charge is 0.338 e. The van der Waals surface area contributed by atoms with Crippen LogP contribution >= 0.6 is 0 Å². The molecule has 3 rings (SSSR count). The molecule has 0 spiro atoms. The van der Waals surface area contributed by atoms with E-state index < -0.39 is 36.4 Å². The Bertz CT molecular complexity index is 552. The van der Waals surface area contributed by atoms with Crippen LogP contribution in [0, 0.1) is 6.92 Å². The van der Waals surface area contributed by atoms with Crippen LogP contribution in [0.4, 0.5) is 0 Å². The molecule has 4 atom stereocenters. The van der Waals surface area contributed by atoms with Gasteiger partial charge in [0.05, 0.1) is 5.56 Å². The van der Waals surface area contributed by atoms with Crippen LogP contribution in [0.25, 0.3) is 0 Å². The SMILES string of the molecule is Cc1ccc(C(=O)OC[C@@H]2O[C@H]3OC(C)(C)O[C@@H]3[C@H]2O)cc1. The number of aliphatic hydroxyl groups excluding tert-OH is 1.